The van der Waals surface area contributed by atoms with Crippen molar-refractivity contribution in [3.05, 3.63) is 102 Å². The van der Waals surface area contributed by atoms with E-state index in [0.717, 1.165) is 27.0 Å². The Morgan fingerprint density at radius 1 is 0.972 bits per heavy atom. The van der Waals surface area contributed by atoms with E-state index in [-0.39, 0.29) is 5.91 Å². The fraction of sp³-hybridized carbons (Fsp3) is 0. The first kappa shape index (κ1) is 22.9. The molecule has 0 radical (unpaired) electrons. The fourth-order valence-corrected chi connectivity index (χ4v) is 4.40. The fourth-order valence-electron chi connectivity index (χ4n) is 3.62. The second-order valence-electron chi connectivity index (χ2n) is 7.78. The minimum Gasteiger partial charge on any atom is -0.404 e. The number of aromatic nitrogens is 3. The van der Waals surface area contributed by atoms with E-state index in [2.05, 4.69) is 15.6 Å². The lowest BCUT2D eigenvalue weighted by molar-refractivity contribution is 0.102. The Labute approximate surface area is 211 Å². The average Bonchev–Trinajstić information content (AvgIpc) is 3.40. The molecule has 3 aromatic heterocycles. The third kappa shape index (κ3) is 4.82. The number of anilines is 3. The molecule has 176 valence electrons. The molecule has 3 heterocycles. The van der Waals surface area contributed by atoms with Gasteiger partial charge in [-0.3, -0.25) is 9.78 Å². The summed E-state index contributed by atoms with van der Waals surface area (Å²) in [5.74, 6) is 0.981. The van der Waals surface area contributed by atoms with Crippen LogP contribution in [0.5, 0.6) is 0 Å². The third-order valence-electron chi connectivity index (χ3n) is 5.42. The summed E-state index contributed by atoms with van der Waals surface area (Å²) < 4.78 is 0.936. The van der Waals surface area contributed by atoms with E-state index < -0.39 is 0 Å². The van der Waals surface area contributed by atoms with E-state index in [9.17, 15) is 4.79 Å². The first-order valence-electron chi connectivity index (χ1n) is 11.0. The number of nitrogens with one attached hydrogen (secondary N) is 3. The number of hydrogen-bond donors (Lipinski definition) is 4. The molecule has 2 aromatic carbocycles. The van der Waals surface area contributed by atoms with Gasteiger partial charge in [0.05, 0.1) is 15.8 Å². The van der Waals surface area contributed by atoms with E-state index in [1.165, 1.54) is 18.6 Å². The molecule has 0 aliphatic heterocycles. The maximum absolute atomic E-state index is 12.6. The van der Waals surface area contributed by atoms with Crippen molar-refractivity contribution in [3.63, 3.8) is 0 Å². The van der Waals surface area contributed by atoms with Gasteiger partial charge in [0.1, 0.15) is 0 Å². The first-order chi connectivity index (χ1) is 17.6. The van der Waals surface area contributed by atoms with Gasteiger partial charge in [-0.15, -0.1) is 11.3 Å². The summed E-state index contributed by atoms with van der Waals surface area (Å²) >= 11 is 1.56. The number of thiophene rings is 1. The maximum Gasteiger partial charge on any atom is 0.257 e. The number of nitrogens with zero attached hydrogens (tertiary/aromatic N) is 3. The molecule has 0 atom stereocenters. The minimum absolute atomic E-state index is 0.240. The normalized spacial score (nSPS) is 11.3. The van der Waals surface area contributed by atoms with Gasteiger partial charge in [-0.1, -0.05) is 24.3 Å². The van der Waals surface area contributed by atoms with Crippen LogP contribution in [0.15, 0.2) is 90.7 Å². The molecule has 0 bridgehead atoms. The summed E-state index contributed by atoms with van der Waals surface area (Å²) in [7, 11) is 0. The summed E-state index contributed by atoms with van der Waals surface area (Å²) in [5.41, 5.74) is 10.6. The molecule has 0 saturated carbocycles. The molecule has 0 unspecified atom stereocenters. The second-order valence-corrected chi connectivity index (χ2v) is 8.69. The van der Waals surface area contributed by atoms with Gasteiger partial charge >= 0.3 is 0 Å². The number of hydrogen-bond acceptors (Lipinski definition) is 8. The lowest BCUT2D eigenvalue weighted by Gasteiger charge is -2.11. The van der Waals surface area contributed by atoms with Crippen molar-refractivity contribution in [2.24, 2.45) is 5.73 Å². The van der Waals surface area contributed by atoms with Gasteiger partial charge in [-0.05, 0) is 53.4 Å². The van der Waals surface area contributed by atoms with Crippen molar-refractivity contribution < 1.29 is 4.79 Å². The lowest BCUT2D eigenvalue weighted by atomic mass is 10.1. The number of nitrogens with two attached hydrogens (primary N) is 1. The molecule has 0 spiro atoms. The number of carbonyl (C=O) groups is 1. The number of carbonyl (C=O) groups excluding carboxylic acids is 1. The molecule has 5 N–H and O–H groups in total. The summed E-state index contributed by atoms with van der Waals surface area (Å²) in [6.45, 7) is 0. The highest BCUT2D eigenvalue weighted by molar-refractivity contribution is 7.17. The summed E-state index contributed by atoms with van der Waals surface area (Å²) in [6, 6.07) is 20.4. The van der Waals surface area contributed by atoms with Crippen LogP contribution in [0.25, 0.3) is 27.2 Å². The van der Waals surface area contributed by atoms with Crippen LogP contribution < -0.4 is 16.4 Å². The summed E-state index contributed by atoms with van der Waals surface area (Å²) in [5, 5.41) is 15.7. The Morgan fingerprint density at radius 3 is 2.58 bits per heavy atom. The Morgan fingerprint density at radius 2 is 1.83 bits per heavy atom. The van der Waals surface area contributed by atoms with Gasteiger partial charge in [0.25, 0.3) is 5.91 Å². The van der Waals surface area contributed by atoms with Crippen LogP contribution in [0.1, 0.15) is 15.9 Å². The predicted octanol–water partition coefficient (Wildman–Crippen LogP) is 5.70. The average molecular weight is 492 g/mol. The molecular formula is C27H21N7OS. The number of rotatable bonds is 7. The zero-order valence-corrected chi connectivity index (χ0v) is 19.8. The van der Waals surface area contributed by atoms with Crippen molar-refractivity contribution >= 4 is 56.4 Å². The highest BCUT2D eigenvalue weighted by Crippen LogP contribution is 2.32. The van der Waals surface area contributed by atoms with Crippen LogP contribution in [0, 0.1) is 5.41 Å². The Kier molecular flexibility index (Phi) is 6.46. The van der Waals surface area contributed by atoms with Crippen LogP contribution >= 0.6 is 11.3 Å². The SMILES string of the molecule is N=C/C(=C\N)c1ccc(Nc2nc(-c3cccc(NC(=O)c4cccnc4)c3)nc3ccsc23)cc1. The van der Waals surface area contributed by atoms with E-state index >= 15 is 0 Å². The smallest absolute Gasteiger partial charge is 0.257 e. The number of fused-ring (bicyclic) bond motifs is 1. The number of allylic oxidation sites excluding steroid dienone is 1. The Hall–Kier alpha value is -4.89. The zero-order chi connectivity index (χ0) is 24.9. The molecule has 36 heavy (non-hydrogen) atoms. The van der Waals surface area contributed by atoms with Crippen LogP contribution in [-0.2, 0) is 0 Å². The molecule has 0 saturated heterocycles. The topological polar surface area (TPSA) is 130 Å². The molecule has 8 nitrogen and oxygen atoms in total. The van der Waals surface area contributed by atoms with Crippen LogP contribution in [0.4, 0.5) is 17.2 Å². The molecule has 0 aliphatic rings. The minimum atomic E-state index is -0.240. The number of amides is 1. The second kappa shape index (κ2) is 10.2. The highest BCUT2D eigenvalue weighted by Gasteiger charge is 2.13. The van der Waals surface area contributed by atoms with E-state index in [1.54, 1.807) is 29.7 Å². The summed E-state index contributed by atoms with van der Waals surface area (Å²) in [6.07, 6.45) is 5.78. The van der Waals surface area contributed by atoms with Crippen molar-refractivity contribution in [2.45, 2.75) is 0 Å². The number of pyridine rings is 1. The molecule has 9 heteroatoms. The van der Waals surface area contributed by atoms with Crippen molar-refractivity contribution in [1.29, 1.82) is 5.41 Å². The van der Waals surface area contributed by atoms with E-state index in [4.69, 9.17) is 21.1 Å². The molecular weight excluding hydrogens is 470 g/mol. The van der Waals surface area contributed by atoms with E-state index in [0.29, 0.717) is 28.5 Å². The highest BCUT2D eigenvalue weighted by atomic mass is 32.1. The largest absolute Gasteiger partial charge is 0.404 e. The molecule has 1 amide bonds. The van der Waals surface area contributed by atoms with Crippen molar-refractivity contribution in [3.8, 4) is 11.4 Å². The molecule has 5 rings (SSSR count). The molecule has 0 aliphatic carbocycles. The quantitative estimate of drug-likeness (QED) is 0.216. The van der Waals surface area contributed by atoms with E-state index in [1.807, 2.05) is 60.0 Å². The van der Waals surface area contributed by atoms with Gasteiger partial charge in [0.2, 0.25) is 0 Å². The van der Waals surface area contributed by atoms with Crippen LogP contribution in [0.3, 0.4) is 0 Å². The maximum atomic E-state index is 12.6. The zero-order valence-electron chi connectivity index (χ0n) is 19.0. The van der Waals surface area contributed by atoms with Gasteiger partial charge < -0.3 is 21.8 Å². The van der Waals surface area contributed by atoms with Gasteiger partial charge in [0, 0.05) is 47.3 Å². The Balaban J connectivity index is 1.44. The molecule has 0 fully saturated rings. The van der Waals surface area contributed by atoms with Crippen LogP contribution in [-0.4, -0.2) is 27.1 Å². The predicted molar refractivity (Wildman–Crippen MR) is 146 cm³/mol. The van der Waals surface area contributed by atoms with Crippen molar-refractivity contribution in [2.75, 3.05) is 10.6 Å². The first-order valence-corrected chi connectivity index (χ1v) is 11.9. The van der Waals surface area contributed by atoms with Crippen molar-refractivity contribution in [1.82, 2.24) is 15.0 Å². The monoisotopic (exact) mass is 491 g/mol. The lowest BCUT2D eigenvalue weighted by Crippen LogP contribution is -2.12. The Bertz CT molecular complexity index is 1580. The van der Waals surface area contributed by atoms with Crippen LogP contribution in [0.2, 0.25) is 0 Å². The third-order valence-corrected chi connectivity index (χ3v) is 6.33. The van der Waals surface area contributed by atoms with Gasteiger partial charge in [0.15, 0.2) is 11.6 Å². The van der Waals surface area contributed by atoms with Gasteiger partial charge in [-0.25, -0.2) is 9.97 Å². The van der Waals surface area contributed by atoms with Gasteiger partial charge in [-0.2, -0.15) is 0 Å². The summed E-state index contributed by atoms with van der Waals surface area (Å²) in [4.78, 5) is 26.1. The standard InChI is InChI=1S/C27H21N7OS/c28-14-20(15-29)17-6-8-21(9-7-17)31-26-24-23(10-12-36-24)33-25(34-26)18-3-1-5-22(13-18)32-27(35)19-4-2-11-30-16-19/h1-16,28H,29H2,(H,32,35)(H,31,33,34)/b20-15+,28-14?. The molecule has 5 aromatic rings. The number of benzene rings is 2.